The maximum atomic E-state index is 12.8. The Kier molecular flexibility index (Phi) is 4.31. The van der Waals surface area contributed by atoms with E-state index in [1.54, 1.807) is 6.92 Å². The summed E-state index contributed by atoms with van der Waals surface area (Å²) < 4.78 is 44.0. The molecule has 2 heterocycles. The molecule has 1 N–H and O–H groups in total. The summed E-state index contributed by atoms with van der Waals surface area (Å²) in [6.45, 7) is 3.66. The topological polar surface area (TPSA) is 58.4 Å². The van der Waals surface area contributed by atoms with E-state index in [4.69, 9.17) is 4.42 Å². The highest BCUT2D eigenvalue weighted by Gasteiger charge is 2.31. The van der Waals surface area contributed by atoms with Crippen LogP contribution in [0.1, 0.15) is 17.0 Å². The van der Waals surface area contributed by atoms with Gasteiger partial charge in [0.25, 0.3) is 0 Å². The number of alkyl halides is 3. The van der Waals surface area contributed by atoms with Gasteiger partial charge >= 0.3 is 6.18 Å². The Morgan fingerprint density at radius 3 is 2.88 bits per heavy atom. The number of carbonyl (C=O) groups excluding carboxylic acids is 1. The van der Waals surface area contributed by atoms with Crippen LogP contribution in [0.3, 0.4) is 0 Å². The predicted octanol–water partition coefficient (Wildman–Crippen LogP) is 2.60. The number of halogens is 3. The molecule has 0 radical (unpaired) electrons. The van der Waals surface area contributed by atoms with Gasteiger partial charge in [-0.3, -0.25) is 9.69 Å². The fourth-order valence-corrected chi connectivity index (χ4v) is 2.57. The van der Waals surface area contributed by atoms with Gasteiger partial charge in [0.05, 0.1) is 17.8 Å². The molecule has 1 amide bonds. The van der Waals surface area contributed by atoms with Crippen LogP contribution in [0, 0.1) is 6.92 Å². The Balaban J connectivity index is 1.82. The van der Waals surface area contributed by atoms with Crippen LogP contribution in [-0.2, 0) is 17.5 Å². The molecule has 0 atom stereocenters. The standard InChI is InChI=1S/C16H16F3N3O2/c1-10-13(8-22-6-5-20-14(23)9-22)21-15(24-10)11-3-2-4-12(7-11)16(17,18)19/h2-4,7H,5-6,8-9H2,1H3,(H,20,23). The minimum absolute atomic E-state index is 0.0551. The normalized spacial score (nSPS) is 16.2. The number of nitrogens with zero attached hydrogens (tertiary/aromatic N) is 2. The second kappa shape index (κ2) is 6.27. The quantitative estimate of drug-likeness (QED) is 0.934. The van der Waals surface area contributed by atoms with E-state index in [1.807, 2.05) is 4.90 Å². The van der Waals surface area contributed by atoms with E-state index in [1.165, 1.54) is 12.1 Å². The van der Waals surface area contributed by atoms with Crippen molar-refractivity contribution in [2.45, 2.75) is 19.6 Å². The van der Waals surface area contributed by atoms with E-state index in [9.17, 15) is 18.0 Å². The van der Waals surface area contributed by atoms with Gasteiger partial charge in [0.2, 0.25) is 11.8 Å². The van der Waals surface area contributed by atoms with E-state index in [0.29, 0.717) is 31.1 Å². The molecule has 0 unspecified atom stereocenters. The zero-order chi connectivity index (χ0) is 17.3. The molecule has 0 saturated carbocycles. The van der Waals surface area contributed by atoms with Crippen molar-refractivity contribution in [1.82, 2.24) is 15.2 Å². The smallest absolute Gasteiger partial charge is 0.416 e. The highest BCUT2D eigenvalue weighted by molar-refractivity contribution is 5.78. The largest absolute Gasteiger partial charge is 0.441 e. The molecule has 1 aromatic carbocycles. The van der Waals surface area contributed by atoms with Crippen LogP contribution >= 0.6 is 0 Å². The van der Waals surface area contributed by atoms with E-state index in [0.717, 1.165) is 12.1 Å². The number of nitrogens with one attached hydrogen (secondary N) is 1. The van der Waals surface area contributed by atoms with Crippen molar-refractivity contribution in [2.75, 3.05) is 19.6 Å². The summed E-state index contributed by atoms with van der Waals surface area (Å²) in [5.74, 6) is 0.629. The fourth-order valence-electron chi connectivity index (χ4n) is 2.57. The number of piperazine rings is 1. The van der Waals surface area contributed by atoms with Crippen molar-refractivity contribution < 1.29 is 22.4 Å². The molecule has 0 aliphatic carbocycles. The van der Waals surface area contributed by atoms with Crippen LogP contribution in [0.15, 0.2) is 28.7 Å². The number of benzene rings is 1. The first-order valence-electron chi connectivity index (χ1n) is 7.46. The molecule has 1 aliphatic rings. The Bertz CT molecular complexity index is 755. The average molecular weight is 339 g/mol. The first-order chi connectivity index (χ1) is 11.3. The third-order valence-electron chi connectivity index (χ3n) is 3.82. The Labute approximate surface area is 136 Å². The number of aromatic nitrogens is 1. The summed E-state index contributed by atoms with van der Waals surface area (Å²) in [7, 11) is 0. The first kappa shape index (κ1) is 16.5. The van der Waals surface area contributed by atoms with Crippen LogP contribution in [0.2, 0.25) is 0 Å². The van der Waals surface area contributed by atoms with E-state index in [-0.39, 0.29) is 23.9 Å². The number of hydrogen-bond acceptors (Lipinski definition) is 4. The maximum absolute atomic E-state index is 12.8. The monoisotopic (exact) mass is 339 g/mol. The minimum atomic E-state index is -4.42. The Morgan fingerprint density at radius 1 is 1.38 bits per heavy atom. The number of hydrogen-bond donors (Lipinski definition) is 1. The van der Waals surface area contributed by atoms with Gasteiger partial charge in [-0.1, -0.05) is 6.07 Å². The summed E-state index contributed by atoms with van der Waals surface area (Å²) in [4.78, 5) is 17.6. The molecule has 1 saturated heterocycles. The number of amides is 1. The summed E-state index contributed by atoms with van der Waals surface area (Å²) in [5, 5.41) is 2.73. The number of aryl methyl sites for hydroxylation is 1. The van der Waals surface area contributed by atoms with Gasteiger partial charge in [-0.2, -0.15) is 13.2 Å². The van der Waals surface area contributed by atoms with Gasteiger partial charge < -0.3 is 9.73 Å². The molecule has 1 fully saturated rings. The van der Waals surface area contributed by atoms with Gasteiger partial charge in [-0.25, -0.2) is 4.98 Å². The predicted molar refractivity (Wildman–Crippen MR) is 80.0 cm³/mol. The number of rotatable bonds is 3. The Hall–Kier alpha value is -2.35. The van der Waals surface area contributed by atoms with Gasteiger partial charge in [0.1, 0.15) is 5.76 Å². The van der Waals surface area contributed by atoms with Crippen molar-refractivity contribution in [3.05, 3.63) is 41.3 Å². The summed E-state index contributed by atoms with van der Waals surface area (Å²) in [5.41, 5.74) is 0.151. The van der Waals surface area contributed by atoms with E-state index in [2.05, 4.69) is 10.3 Å². The zero-order valence-corrected chi connectivity index (χ0v) is 13.0. The minimum Gasteiger partial charge on any atom is -0.441 e. The lowest BCUT2D eigenvalue weighted by Crippen LogP contribution is -2.47. The zero-order valence-electron chi connectivity index (χ0n) is 13.0. The second-order valence-electron chi connectivity index (χ2n) is 5.66. The molecular formula is C16H16F3N3O2. The molecule has 0 spiro atoms. The molecule has 0 bridgehead atoms. The van der Waals surface area contributed by atoms with Crippen molar-refractivity contribution in [3.8, 4) is 11.5 Å². The number of oxazole rings is 1. The van der Waals surface area contributed by atoms with Crippen molar-refractivity contribution in [1.29, 1.82) is 0 Å². The van der Waals surface area contributed by atoms with E-state index >= 15 is 0 Å². The van der Waals surface area contributed by atoms with E-state index < -0.39 is 11.7 Å². The highest BCUT2D eigenvalue weighted by Crippen LogP contribution is 2.32. The summed E-state index contributed by atoms with van der Waals surface area (Å²) in [6, 6.07) is 4.88. The first-order valence-corrected chi connectivity index (χ1v) is 7.46. The van der Waals surface area contributed by atoms with Crippen LogP contribution in [0.5, 0.6) is 0 Å². The molecule has 24 heavy (non-hydrogen) atoms. The lowest BCUT2D eigenvalue weighted by Gasteiger charge is -2.25. The van der Waals surface area contributed by atoms with Gasteiger partial charge in [-0.15, -0.1) is 0 Å². The van der Waals surface area contributed by atoms with Crippen LogP contribution < -0.4 is 5.32 Å². The molecule has 128 valence electrons. The lowest BCUT2D eigenvalue weighted by molar-refractivity contribution is -0.137. The Morgan fingerprint density at radius 2 is 2.17 bits per heavy atom. The summed E-state index contributed by atoms with van der Waals surface area (Å²) in [6.07, 6.45) is -4.42. The molecular weight excluding hydrogens is 323 g/mol. The van der Waals surface area contributed by atoms with Gasteiger partial charge in [0.15, 0.2) is 0 Å². The van der Waals surface area contributed by atoms with Crippen molar-refractivity contribution in [2.24, 2.45) is 0 Å². The van der Waals surface area contributed by atoms with Gasteiger partial charge in [-0.05, 0) is 25.1 Å². The van der Waals surface area contributed by atoms with Crippen LogP contribution in [-0.4, -0.2) is 35.4 Å². The van der Waals surface area contributed by atoms with Crippen molar-refractivity contribution >= 4 is 5.91 Å². The number of carbonyl (C=O) groups is 1. The average Bonchev–Trinajstić information content (AvgIpc) is 2.88. The summed E-state index contributed by atoms with van der Waals surface area (Å²) >= 11 is 0. The second-order valence-corrected chi connectivity index (χ2v) is 5.66. The van der Waals surface area contributed by atoms with Gasteiger partial charge in [0, 0.05) is 25.2 Å². The SMILES string of the molecule is Cc1oc(-c2cccc(C(F)(F)F)c2)nc1CN1CCNC(=O)C1. The third-order valence-corrected chi connectivity index (χ3v) is 3.82. The maximum Gasteiger partial charge on any atom is 0.416 e. The fraction of sp³-hybridized carbons (Fsp3) is 0.375. The molecule has 1 aliphatic heterocycles. The highest BCUT2D eigenvalue weighted by atomic mass is 19.4. The molecule has 3 rings (SSSR count). The van der Waals surface area contributed by atoms with Crippen LogP contribution in [0.4, 0.5) is 13.2 Å². The third kappa shape index (κ3) is 3.59. The molecule has 2 aromatic rings. The molecule has 5 nitrogen and oxygen atoms in total. The molecule has 8 heteroatoms. The molecule has 1 aromatic heterocycles. The van der Waals surface area contributed by atoms with Crippen molar-refractivity contribution in [3.63, 3.8) is 0 Å². The lowest BCUT2D eigenvalue weighted by atomic mass is 10.1. The van der Waals surface area contributed by atoms with Crippen LogP contribution in [0.25, 0.3) is 11.5 Å².